The lowest BCUT2D eigenvalue weighted by Crippen LogP contribution is -2.51. The minimum Gasteiger partial charge on any atom is -0.329 e. The second-order valence-corrected chi connectivity index (χ2v) is 6.89. The molecular formula is C13H18F2N2O2S. The molecule has 2 N–H and O–H groups in total. The molecule has 0 saturated carbocycles. The maximum atomic E-state index is 13.8. The van der Waals surface area contributed by atoms with Gasteiger partial charge in [-0.25, -0.2) is 17.2 Å². The van der Waals surface area contributed by atoms with E-state index in [1.54, 1.807) is 6.92 Å². The maximum absolute atomic E-state index is 13.8. The summed E-state index contributed by atoms with van der Waals surface area (Å²) in [7, 11) is -4.09. The SMILES string of the molecule is CC1CCCC(CN)N1S(=O)(=O)c1cc(F)ccc1F. The van der Waals surface area contributed by atoms with Gasteiger partial charge in [0, 0.05) is 18.6 Å². The molecule has 1 aromatic carbocycles. The van der Waals surface area contributed by atoms with Gasteiger partial charge >= 0.3 is 0 Å². The third kappa shape index (κ3) is 2.70. The number of benzene rings is 1. The molecular weight excluding hydrogens is 286 g/mol. The molecule has 0 aliphatic carbocycles. The minimum absolute atomic E-state index is 0.167. The van der Waals surface area contributed by atoms with Gasteiger partial charge in [-0.3, -0.25) is 0 Å². The molecule has 2 atom stereocenters. The molecule has 0 spiro atoms. The number of halogens is 2. The Kier molecular flexibility index (Phi) is 4.41. The van der Waals surface area contributed by atoms with Gasteiger partial charge < -0.3 is 5.73 Å². The van der Waals surface area contributed by atoms with Crippen LogP contribution in [0.2, 0.25) is 0 Å². The highest BCUT2D eigenvalue weighted by atomic mass is 32.2. The van der Waals surface area contributed by atoms with Gasteiger partial charge in [-0.15, -0.1) is 0 Å². The maximum Gasteiger partial charge on any atom is 0.246 e. The normalized spacial score (nSPS) is 24.8. The van der Waals surface area contributed by atoms with Gasteiger partial charge in [0.2, 0.25) is 10.0 Å². The van der Waals surface area contributed by atoms with Crippen molar-refractivity contribution in [3.63, 3.8) is 0 Å². The van der Waals surface area contributed by atoms with Gasteiger partial charge in [-0.1, -0.05) is 6.42 Å². The number of nitrogens with two attached hydrogens (primary N) is 1. The first kappa shape index (κ1) is 15.3. The Morgan fingerprint density at radius 1 is 1.35 bits per heavy atom. The summed E-state index contributed by atoms with van der Waals surface area (Å²) >= 11 is 0. The molecule has 4 nitrogen and oxygen atoms in total. The number of rotatable bonds is 3. The van der Waals surface area contributed by atoms with Gasteiger partial charge in [0.1, 0.15) is 16.5 Å². The molecule has 1 aliphatic heterocycles. The first-order valence-electron chi connectivity index (χ1n) is 6.56. The molecule has 0 bridgehead atoms. The highest BCUT2D eigenvalue weighted by molar-refractivity contribution is 7.89. The topological polar surface area (TPSA) is 63.4 Å². The van der Waals surface area contributed by atoms with Crippen molar-refractivity contribution in [2.45, 2.75) is 43.2 Å². The molecule has 1 heterocycles. The molecule has 1 aromatic rings. The molecule has 1 saturated heterocycles. The van der Waals surface area contributed by atoms with E-state index in [1.807, 2.05) is 0 Å². The van der Waals surface area contributed by atoms with E-state index in [1.165, 1.54) is 4.31 Å². The van der Waals surface area contributed by atoms with Crippen molar-refractivity contribution in [2.24, 2.45) is 5.73 Å². The fourth-order valence-electron chi connectivity index (χ4n) is 2.71. The standard InChI is InChI=1S/C13H18F2N2O2S/c1-9-3-2-4-11(8-16)17(9)20(18,19)13-7-10(14)5-6-12(13)15/h5-7,9,11H,2-4,8,16H2,1H3. The Morgan fingerprint density at radius 3 is 2.70 bits per heavy atom. The van der Waals surface area contributed by atoms with E-state index in [-0.39, 0.29) is 18.6 Å². The molecule has 7 heteroatoms. The minimum atomic E-state index is -4.09. The zero-order chi connectivity index (χ0) is 14.9. The van der Waals surface area contributed by atoms with E-state index in [0.717, 1.165) is 24.6 Å². The lowest BCUT2D eigenvalue weighted by molar-refractivity contribution is 0.195. The Balaban J connectivity index is 2.49. The number of sulfonamides is 1. The predicted molar refractivity (Wildman–Crippen MR) is 71.5 cm³/mol. The summed E-state index contributed by atoms with van der Waals surface area (Å²) in [5.41, 5.74) is 5.62. The Labute approximate surface area is 117 Å². The van der Waals surface area contributed by atoms with Crippen LogP contribution in [0.5, 0.6) is 0 Å². The number of nitrogens with zero attached hydrogens (tertiary/aromatic N) is 1. The summed E-state index contributed by atoms with van der Waals surface area (Å²) < 4.78 is 53.5. The Morgan fingerprint density at radius 2 is 2.05 bits per heavy atom. The largest absolute Gasteiger partial charge is 0.329 e. The highest BCUT2D eigenvalue weighted by Gasteiger charge is 2.38. The quantitative estimate of drug-likeness (QED) is 0.927. The second kappa shape index (κ2) is 5.75. The van der Waals surface area contributed by atoms with Crippen molar-refractivity contribution < 1.29 is 17.2 Å². The van der Waals surface area contributed by atoms with Gasteiger partial charge in [-0.2, -0.15) is 4.31 Å². The molecule has 0 amide bonds. The summed E-state index contributed by atoms with van der Waals surface area (Å²) in [5, 5.41) is 0. The second-order valence-electron chi connectivity index (χ2n) is 5.08. The van der Waals surface area contributed by atoms with E-state index in [4.69, 9.17) is 5.73 Å². The zero-order valence-corrected chi connectivity index (χ0v) is 12.0. The van der Waals surface area contributed by atoms with Crippen LogP contribution in [0.25, 0.3) is 0 Å². The monoisotopic (exact) mass is 304 g/mol. The van der Waals surface area contributed by atoms with E-state index in [0.29, 0.717) is 12.8 Å². The van der Waals surface area contributed by atoms with Crippen LogP contribution in [0.1, 0.15) is 26.2 Å². The van der Waals surface area contributed by atoms with E-state index >= 15 is 0 Å². The van der Waals surface area contributed by atoms with Gasteiger partial charge in [-0.05, 0) is 38.0 Å². The molecule has 0 radical (unpaired) electrons. The van der Waals surface area contributed by atoms with Crippen LogP contribution in [0.4, 0.5) is 8.78 Å². The number of piperidine rings is 1. The zero-order valence-electron chi connectivity index (χ0n) is 11.2. The first-order chi connectivity index (χ1) is 9.37. The van der Waals surface area contributed by atoms with E-state index in [2.05, 4.69) is 0 Å². The first-order valence-corrected chi connectivity index (χ1v) is 8.00. The van der Waals surface area contributed by atoms with Crippen molar-refractivity contribution >= 4 is 10.0 Å². The fourth-order valence-corrected chi connectivity index (χ4v) is 4.67. The third-order valence-electron chi connectivity index (χ3n) is 3.67. The molecule has 20 heavy (non-hydrogen) atoms. The molecule has 2 unspecified atom stereocenters. The lowest BCUT2D eigenvalue weighted by atomic mass is 10.00. The average Bonchev–Trinajstić information content (AvgIpc) is 2.40. The van der Waals surface area contributed by atoms with Crippen LogP contribution >= 0.6 is 0 Å². The Hall–Kier alpha value is -1.05. The fraction of sp³-hybridized carbons (Fsp3) is 0.538. The average molecular weight is 304 g/mol. The van der Waals surface area contributed by atoms with Crippen LogP contribution in [-0.4, -0.2) is 31.4 Å². The van der Waals surface area contributed by atoms with Gasteiger partial charge in [0.05, 0.1) is 0 Å². The molecule has 2 rings (SSSR count). The summed E-state index contributed by atoms with van der Waals surface area (Å²) in [6.45, 7) is 1.93. The van der Waals surface area contributed by atoms with Crippen molar-refractivity contribution in [3.8, 4) is 0 Å². The predicted octanol–water partition coefficient (Wildman–Crippen LogP) is 1.86. The van der Waals surface area contributed by atoms with E-state index in [9.17, 15) is 17.2 Å². The third-order valence-corrected chi connectivity index (χ3v) is 5.76. The number of hydrogen-bond acceptors (Lipinski definition) is 3. The lowest BCUT2D eigenvalue weighted by Gasteiger charge is -2.38. The highest BCUT2D eigenvalue weighted by Crippen LogP contribution is 2.30. The van der Waals surface area contributed by atoms with Crippen LogP contribution in [0.15, 0.2) is 23.1 Å². The van der Waals surface area contributed by atoms with E-state index < -0.39 is 26.6 Å². The molecule has 1 aliphatic rings. The van der Waals surface area contributed by atoms with Crippen molar-refractivity contribution in [1.29, 1.82) is 0 Å². The Bertz CT molecular complexity index is 592. The summed E-state index contributed by atoms with van der Waals surface area (Å²) in [5.74, 6) is -1.72. The summed E-state index contributed by atoms with van der Waals surface area (Å²) in [6, 6.07) is 1.80. The molecule has 112 valence electrons. The summed E-state index contributed by atoms with van der Waals surface area (Å²) in [6.07, 6.45) is 2.20. The van der Waals surface area contributed by atoms with Crippen molar-refractivity contribution in [2.75, 3.05) is 6.54 Å². The smallest absolute Gasteiger partial charge is 0.246 e. The number of hydrogen-bond donors (Lipinski definition) is 1. The van der Waals surface area contributed by atoms with Crippen LogP contribution in [0.3, 0.4) is 0 Å². The van der Waals surface area contributed by atoms with Crippen molar-refractivity contribution in [1.82, 2.24) is 4.31 Å². The van der Waals surface area contributed by atoms with Crippen LogP contribution in [-0.2, 0) is 10.0 Å². The van der Waals surface area contributed by atoms with Crippen LogP contribution < -0.4 is 5.73 Å². The van der Waals surface area contributed by atoms with Crippen molar-refractivity contribution in [3.05, 3.63) is 29.8 Å². The van der Waals surface area contributed by atoms with Crippen LogP contribution in [0, 0.1) is 11.6 Å². The van der Waals surface area contributed by atoms with Gasteiger partial charge in [0.25, 0.3) is 0 Å². The molecule has 1 fully saturated rings. The van der Waals surface area contributed by atoms with Gasteiger partial charge in [0.15, 0.2) is 0 Å². The molecule has 0 aromatic heterocycles. The summed E-state index contributed by atoms with van der Waals surface area (Å²) in [4.78, 5) is -0.621.